The molecule has 1 N–H and O–H groups in total. The van der Waals surface area contributed by atoms with Crippen molar-refractivity contribution >= 4 is 11.6 Å². The Morgan fingerprint density at radius 3 is 2.71 bits per heavy atom. The number of halogens is 1. The highest BCUT2D eigenvalue weighted by Crippen LogP contribution is 2.35. The van der Waals surface area contributed by atoms with Crippen LogP contribution in [0.5, 0.6) is 0 Å². The van der Waals surface area contributed by atoms with Crippen LogP contribution in [0.3, 0.4) is 0 Å². The molecule has 1 saturated heterocycles. The van der Waals surface area contributed by atoms with E-state index in [1.165, 1.54) is 24.0 Å². The maximum absolute atomic E-state index is 6.45. The standard InChI is InChI=1S/C18H27ClN2/c1-12(2)18-9-20-17(14-6-7-14)11-21(18)10-15-5-4-13(3)8-16(15)19/h4-5,8,12,14,17-18,20H,6-7,9-11H2,1-3H3. The van der Waals surface area contributed by atoms with Gasteiger partial charge in [0.05, 0.1) is 0 Å². The lowest BCUT2D eigenvalue weighted by molar-refractivity contribution is 0.0852. The first-order valence-corrected chi connectivity index (χ1v) is 8.65. The molecule has 0 aromatic heterocycles. The molecule has 0 spiro atoms. The first-order valence-electron chi connectivity index (χ1n) is 8.27. The second kappa shape index (κ2) is 6.28. The Labute approximate surface area is 133 Å². The van der Waals surface area contributed by atoms with Gasteiger partial charge in [0.25, 0.3) is 0 Å². The van der Waals surface area contributed by atoms with Crippen LogP contribution in [0.4, 0.5) is 0 Å². The Kier molecular flexibility index (Phi) is 4.58. The summed E-state index contributed by atoms with van der Waals surface area (Å²) in [5.41, 5.74) is 2.50. The van der Waals surface area contributed by atoms with Gasteiger partial charge < -0.3 is 5.32 Å². The Balaban J connectivity index is 1.74. The number of aryl methyl sites for hydroxylation is 1. The van der Waals surface area contributed by atoms with E-state index in [1.807, 2.05) is 0 Å². The minimum atomic E-state index is 0.609. The zero-order valence-electron chi connectivity index (χ0n) is 13.4. The van der Waals surface area contributed by atoms with Crippen LogP contribution in [0.1, 0.15) is 37.8 Å². The maximum atomic E-state index is 6.45. The van der Waals surface area contributed by atoms with Crippen molar-refractivity contribution in [3.8, 4) is 0 Å². The van der Waals surface area contributed by atoms with E-state index >= 15 is 0 Å². The topological polar surface area (TPSA) is 15.3 Å². The molecular formula is C18H27ClN2. The number of piperazine rings is 1. The average Bonchev–Trinajstić information content (AvgIpc) is 3.26. The van der Waals surface area contributed by atoms with Gasteiger partial charge in [-0.15, -0.1) is 0 Å². The van der Waals surface area contributed by atoms with Gasteiger partial charge in [-0.2, -0.15) is 0 Å². The molecule has 2 atom stereocenters. The first kappa shape index (κ1) is 15.3. The molecule has 0 bridgehead atoms. The molecule has 116 valence electrons. The lowest BCUT2D eigenvalue weighted by Crippen LogP contribution is -2.58. The summed E-state index contributed by atoms with van der Waals surface area (Å²) >= 11 is 6.45. The van der Waals surface area contributed by atoms with Crippen molar-refractivity contribution in [3.63, 3.8) is 0 Å². The molecule has 1 saturated carbocycles. The summed E-state index contributed by atoms with van der Waals surface area (Å²) in [4.78, 5) is 2.65. The van der Waals surface area contributed by atoms with E-state index in [-0.39, 0.29) is 0 Å². The van der Waals surface area contributed by atoms with Crippen molar-refractivity contribution in [2.24, 2.45) is 11.8 Å². The summed E-state index contributed by atoms with van der Waals surface area (Å²) < 4.78 is 0. The van der Waals surface area contributed by atoms with Gasteiger partial charge in [-0.05, 0) is 48.8 Å². The van der Waals surface area contributed by atoms with Crippen LogP contribution in [0, 0.1) is 18.8 Å². The van der Waals surface area contributed by atoms with Gasteiger partial charge in [-0.1, -0.05) is 37.6 Å². The van der Waals surface area contributed by atoms with Gasteiger partial charge in [0, 0.05) is 36.7 Å². The molecular weight excluding hydrogens is 280 g/mol. The molecule has 1 heterocycles. The quantitative estimate of drug-likeness (QED) is 0.909. The molecule has 2 nitrogen and oxygen atoms in total. The third-order valence-corrected chi connectivity index (χ3v) is 5.38. The smallest absolute Gasteiger partial charge is 0.0453 e. The molecule has 1 aliphatic heterocycles. The van der Waals surface area contributed by atoms with Crippen LogP contribution in [0.25, 0.3) is 0 Å². The molecule has 2 aliphatic rings. The number of hydrogen-bond donors (Lipinski definition) is 1. The zero-order chi connectivity index (χ0) is 15.0. The summed E-state index contributed by atoms with van der Waals surface area (Å²) in [6, 6.07) is 7.75. The molecule has 1 aromatic rings. The monoisotopic (exact) mass is 306 g/mol. The largest absolute Gasteiger partial charge is 0.311 e. The summed E-state index contributed by atoms with van der Waals surface area (Å²) in [6.07, 6.45) is 2.81. The minimum Gasteiger partial charge on any atom is -0.311 e. The predicted octanol–water partition coefficient (Wildman–Crippen LogP) is 3.86. The highest BCUT2D eigenvalue weighted by molar-refractivity contribution is 6.31. The second-order valence-corrected chi connectivity index (χ2v) is 7.60. The Bertz CT molecular complexity index is 496. The van der Waals surface area contributed by atoms with E-state index in [2.05, 4.69) is 49.2 Å². The number of nitrogens with zero attached hydrogens (tertiary/aromatic N) is 1. The second-order valence-electron chi connectivity index (χ2n) is 7.19. The average molecular weight is 307 g/mol. The Morgan fingerprint density at radius 1 is 1.33 bits per heavy atom. The van der Waals surface area contributed by atoms with Crippen LogP contribution in [-0.2, 0) is 6.54 Å². The van der Waals surface area contributed by atoms with E-state index in [9.17, 15) is 0 Å². The lowest BCUT2D eigenvalue weighted by atomic mass is 9.96. The summed E-state index contributed by atoms with van der Waals surface area (Å²) in [5.74, 6) is 1.58. The number of hydrogen-bond acceptors (Lipinski definition) is 2. The predicted molar refractivity (Wildman–Crippen MR) is 89.7 cm³/mol. The molecule has 0 radical (unpaired) electrons. The van der Waals surface area contributed by atoms with Gasteiger partial charge in [0.15, 0.2) is 0 Å². The van der Waals surface area contributed by atoms with Crippen LogP contribution in [-0.4, -0.2) is 30.1 Å². The number of benzene rings is 1. The van der Waals surface area contributed by atoms with Gasteiger partial charge >= 0.3 is 0 Å². The van der Waals surface area contributed by atoms with E-state index in [1.54, 1.807) is 0 Å². The van der Waals surface area contributed by atoms with Crippen molar-refractivity contribution in [1.29, 1.82) is 0 Å². The van der Waals surface area contributed by atoms with E-state index in [0.717, 1.165) is 30.6 Å². The van der Waals surface area contributed by atoms with Crippen LogP contribution in [0.2, 0.25) is 5.02 Å². The Hall–Kier alpha value is -0.570. The molecule has 3 heteroatoms. The van der Waals surface area contributed by atoms with Gasteiger partial charge in [0.1, 0.15) is 0 Å². The van der Waals surface area contributed by atoms with Gasteiger partial charge in [-0.3, -0.25) is 4.90 Å². The van der Waals surface area contributed by atoms with Gasteiger partial charge in [-0.25, -0.2) is 0 Å². The number of rotatable bonds is 4. The third kappa shape index (κ3) is 3.61. The maximum Gasteiger partial charge on any atom is 0.0453 e. The zero-order valence-corrected chi connectivity index (χ0v) is 14.2. The van der Waals surface area contributed by atoms with E-state index in [4.69, 9.17) is 11.6 Å². The summed E-state index contributed by atoms with van der Waals surface area (Å²) in [6.45, 7) is 10.0. The lowest BCUT2D eigenvalue weighted by Gasteiger charge is -2.43. The van der Waals surface area contributed by atoms with Crippen molar-refractivity contribution in [1.82, 2.24) is 10.2 Å². The highest BCUT2D eigenvalue weighted by atomic mass is 35.5. The SMILES string of the molecule is Cc1ccc(CN2CC(C3CC3)NCC2C(C)C)c(Cl)c1. The number of nitrogens with one attached hydrogen (secondary N) is 1. The fourth-order valence-electron chi connectivity index (χ4n) is 3.51. The molecule has 1 aromatic carbocycles. The van der Waals surface area contributed by atoms with Crippen molar-refractivity contribution < 1.29 is 0 Å². The summed E-state index contributed by atoms with van der Waals surface area (Å²) in [7, 11) is 0. The summed E-state index contributed by atoms with van der Waals surface area (Å²) in [5, 5.41) is 4.69. The van der Waals surface area contributed by atoms with Crippen molar-refractivity contribution in [2.75, 3.05) is 13.1 Å². The van der Waals surface area contributed by atoms with Crippen LogP contribution < -0.4 is 5.32 Å². The first-order chi connectivity index (χ1) is 10.0. The minimum absolute atomic E-state index is 0.609. The molecule has 2 fully saturated rings. The Morgan fingerprint density at radius 2 is 2.10 bits per heavy atom. The fourth-order valence-corrected chi connectivity index (χ4v) is 3.80. The molecule has 21 heavy (non-hydrogen) atoms. The van der Waals surface area contributed by atoms with Crippen molar-refractivity contribution in [3.05, 3.63) is 34.3 Å². The van der Waals surface area contributed by atoms with Crippen molar-refractivity contribution in [2.45, 2.75) is 52.2 Å². The molecule has 3 rings (SSSR count). The van der Waals surface area contributed by atoms with E-state index in [0.29, 0.717) is 18.0 Å². The molecule has 0 amide bonds. The van der Waals surface area contributed by atoms with Crippen LogP contribution in [0.15, 0.2) is 18.2 Å². The fraction of sp³-hybridized carbons (Fsp3) is 0.667. The van der Waals surface area contributed by atoms with Gasteiger partial charge in [0.2, 0.25) is 0 Å². The van der Waals surface area contributed by atoms with E-state index < -0.39 is 0 Å². The molecule has 2 unspecified atom stereocenters. The highest BCUT2D eigenvalue weighted by Gasteiger charge is 2.37. The normalized spacial score (nSPS) is 27.3. The van der Waals surface area contributed by atoms with Crippen LogP contribution >= 0.6 is 11.6 Å². The molecule has 1 aliphatic carbocycles. The third-order valence-electron chi connectivity index (χ3n) is 5.03.